The molecule has 0 N–H and O–H groups in total. The quantitative estimate of drug-likeness (QED) is 0.540. The summed E-state index contributed by atoms with van der Waals surface area (Å²) in [6.45, 7) is 8.90. The van der Waals surface area contributed by atoms with Gasteiger partial charge in [-0.3, -0.25) is 5.01 Å². The molecule has 12 heavy (non-hydrogen) atoms. The molecule has 0 aromatic rings. The van der Waals surface area contributed by atoms with Gasteiger partial charge in [-0.15, -0.1) is 0 Å². The maximum Gasteiger partial charge on any atom is 0.0351 e. The van der Waals surface area contributed by atoms with E-state index in [0.717, 1.165) is 0 Å². The van der Waals surface area contributed by atoms with E-state index in [1.165, 1.54) is 0 Å². The number of hydrazone groups is 1. The van der Waals surface area contributed by atoms with Gasteiger partial charge in [0, 0.05) is 24.9 Å². The second kappa shape index (κ2) is 2.61. The Balaban J connectivity index is 2.89. The Labute approximate surface area is 75.0 Å². The van der Waals surface area contributed by atoms with E-state index >= 15 is 0 Å². The highest BCUT2D eigenvalue weighted by molar-refractivity contribution is 5.70. The highest BCUT2D eigenvalue weighted by atomic mass is 15.4. The smallest absolute Gasteiger partial charge is 0.0351 e. The second-order valence-electron chi connectivity index (χ2n) is 4.67. The number of rotatable bonds is 0. The van der Waals surface area contributed by atoms with Crippen molar-refractivity contribution < 1.29 is 0 Å². The average Bonchev–Trinajstić information content (AvgIpc) is 1.93. The van der Waals surface area contributed by atoms with E-state index in [9.17, 15) is 0 Å². The molecule has 1 aliphatic rings. The number of hydrogen-bond acceptors (Lipinski definition) is 2. The summed E-state index contributed by atoms with van der Waals surface area (Å²) in [6, 6.07) is 0. The minimum Gasteiger partial charge on any atom is -0.276 e. The fraction of sp³-hybridized carbons (Fsp3) is 0.700. The van der Waals surface area contributed by atoms with Gasteiger partial charge in [0.05, 0.1) is 0 Å². The van der Waals surface area contributed by atoms with Crippen molar-refractivity contribution in [2.45, 2.75) is 27.7 Å². The molecule has 0 spiro atoms. The lowest BCUT2D eigenvalue weighted by Crippen LogP contribution is -2.35. The maximum atomic E-state index is 4.27. The average molecular weight is 166 g/mol. The van der Waals surface area contributed by atoms with Crippen LogP contribution >= 0.6 is 0 Å². The van der Waals surface area contributed by atoms with Gasteiger partial charge in [-0.05, 0) is 5.41 Å². The summed E-state index contributed by atoms with van der Waals surface area (Å²) in [4.78, 5) is 0. The third-order valence-electron chi connectivity index (χ3n) is 2.76. The summed E-state index contributed by atoms with van der Waals surface area (Å²) in [7, 11) is 1.94. The molecular weight excluding hydrogens is 148 g/mol. The molecule has 68 valence electrons. The standard InChI is InChI=1S/C10H18N2/c1-9(2,3)10(4)6-7-12(5)11-8-10/h6-8H,1-5H3. The minimum atomic E-state index is 0.0828. The Bertz CT molecular complexity index is 206. The Hall–Kier alpha value is -0.790. The highest BCUT2D eigenvalue weighted by Gasteiger charge is 2.34. The molecule has 1 atom stereocenters. The largest absolute Gasteiger partial charge is 0.276 e. The van der Waals surface area contributed by atoms with E-state index in [4.69, 9.17) is 0 Å². The number of hydrogen-bond donors (Lipinski definition) is 0. The second-order valence-corrected chi connectivity index (χ2v) is 4.67. The lowest BCUT2D eigenvalue weighted by Gasteiger charge is -2.38. The van der Waals surface area contributed by atoms with E-state index in [-0.39, 0.29) is 10.8 Å². The Kier molecular flexibility index (Phi) is 2.02. The first-order chi connectivity index (χ1) is 5.35. The maximum absolute atomic E-state index is 4.27. The molecule has 1 rings (SSSR count). The molecule has 0 aromatic carbocycles. The van der Waals surface area contributed by atoms with Crippen LogP contribution in [0.1, 0.15) is 27.7 Å². The van der Waals surface area contributed by atoms with Crippen molar-refractivity contribution in [2.75, 3.05) is 7.05 Å². The van der Waals surface area contributed by atoms with E-state index in [0.29, 0.717) is 0 Å². The first-order valence-electron chi connectivity index (χ1n) is 4.32. The van der Waals surface area contributed by atoms with Gasteiger partial charge in [0.1, 0.15) is 0 Å². The van der Waals surface area contributed by atoms with Crippen molar-refractivity contribution in [3.8, 4) is 0 Å². The van der Waals surface area contributed by atoms with Crippen molar-refractivity contribution >= 4 is 6.21 Å². The fourth-order valence-electron chi connectivity index (χ4n) is 0.999. The molecule has 0 amide bonds. The molecule has 0 radical (unpaired) electrons. The molecule has 1 unspecified atom stereocenters. The predicted molar refractivity (Wildman–Crippen MR) is 53.0 cm³/mol. The third kappa shape index (κ3) is 1.52. The summed E-state index contributed by atoms with van der Waals surface area (Å²) in [5.41, 5.74) is 0.313. The van der Waals surface area contributed by atoms with Crippen molar-refractivity contribution in [3.63, 3.8) is 0 Å². The highest BCUT2D eigenvalue weighted by Crippen LogP contribution is 2.39. The minimum absolute atomic E-state index is 0.0828. The lowest BCUT2D eigenvalue weighted by molar-refractivity contribution is 0.244. The molecule has 0 fully saturated rings. The van der Waals surface area contributed by atoms with Crippen LogP contribution in [0.3, 0.4) is 0 Å². The zero-order valence-electron chi connectivity index (χ0n) is 8.63. The van der Waals surface area contributed by atoms with Gasteiger partial charge < -0.3 is 0 Å². The van der Waals surface area contributed by atoms with Gasteiger partial charge in [0.25, 0.3) is 0 Å². The Morgan fingerprint density at radius 2 is 1.92 bits per heavy atom. The Morgan fingerprint density at radius 1 is 1.33 bits per heavy atom. The zero-order valence-corrected chi connectivity index (χ0v) is 8.63. The normalized spacial score (nSPS) is 29.6. The molecule has 0 saturated carbocycles. The number of allylic oxidation sites excluding steroid dienone is 1. The topological polar surface area (TPSA) is 15.6 Å². The summed E-state index contributed by atoms with van der Waals surface area (Å²) in [6.07, 6.45) is 6.25. The SMILES string of the molecule is CN1C=CC(C)(C(C)(C)C)C=N1. The van der Waals surface area contributed by atoms with Gasteiger partial charge in [0.2, 0.25) is 0 Å². The van der Waals surface area contributed by atoms with Crippen LogP contribution in [0.4, 0.5) is 0 Å². The van der Waals surface area contributed by atoms with Crippen LogP contribution in [0.5, 0.6) is 0 Å². The Morgan fingerprint density at radius 3 is 2.25 bits per heavy atom. The van der Waals surface area contributed by atoms with Gasteiger partial charge in [-0.2, -0.15) is 5.10 Å². The van der Waals surface area contributed by atoms with Gasteiger partial charge in [-0.25, -0.2) is 0 Å². The van der Waals surface area contributed by atoms with Crippen LogP contribution in [0.15, 0.2) is 17.4 Å². The van der Waals surface area contributed by atoms with E-state index < -0.39 is 0 Å². The van der Waals surface area contributed by atoms with Crippen LogP contribution in [0.2, 0.25) is 0 Å². The molecule has 0 bridgehead atoms. The molecular formula is C10H18N2. The molecule has 0 aliphatic carbocycles. The van der Waals surface area contributed by atoms with Crippen LogP contribution < -0.4 is 0 Å². The third-order valence-corrected chi connectivity index (χ3v) is 2.76. The van der Waals surface area contributed by atoms with Gasteiger partial charge >= 0.3 is 0 Å². The predicted octanol–water partition coefficient (Wildman–Crippen LogP) is 2.48. The van der Waals surface area contributed by atoms with Crippen LogP contribution in [0.25, 0.3) is 0 Å². The molecule has 2 nitrogen and oxygen atoms in total. The molecule has 1 aliphatic heterocycles. The van der Waals surface area contributed by atoms with Crippen molar-refractivity contribution in [1.82, 2.24) is 5.01 Å². The first-order valence-corrected chi connectivity index (χ1v) is 4.32. The van der Waals surface area contributed by atoms with Crippen molar-refractivity contribution in [2.24, 2.45) is 15.9 Å². The van der Waals surface area contributed by atoms with Crippen LogP contribution in [-0.2, 0) is 0 Å². The molecule has 2 heteroatoms. The number of nitrogens with zero attached hydrogens (tertiary/aromatic N) is 2. The zero-order chi connectivity index (χ0) is 9.41. The van der Waals surface area contributed by atoms with Crippen molar-refractivity contribution in [3.05, 3.63) is 12.3 Å². The molecule has 0 aromatic heterocycles. The first kappa shape index (κ1) is 9.30. The summed E-state index contributed by atoms with van der Waals surface area (Å²) >= 11 is 0. The molecule has 0 saturated heterocycles. The van der Waals surface area contributed by atoms with E-state index in [2.05, 4.69) is 38.9 Å². The molecule has 1 heterocycles. The van der Waals surface area contributed by atoms with Gasteiger partial charge in [0.15, 0.2) is 0 Å². The fourth-order valence-corrected chi connectivity index (χ4v) is 0.999. The summed E-state index contributed by atoms with van der Waals surface area (Å²) in [5.74, 6) is 0. The van der Waals surface area contributed by atoms with E-state index in [1.54, 1.807) is 0 Å². The van der Waals surface area contributed by atoms with Crippen molar-refractivity contribution in [1.29, 1.82) is 0 Å². The lowest BCUT2D eigenvalue weighted by atomic mass is 9.68. The summed E-state index contributed by atoms with van der Waals surface area (Å²) < 4.78 is 0. The summed E-state index contributed by atoms with van der Waals surface area (Å²) in [5, 5.41) is 6.10. The van der Waals surface area contributed by atoms with Crippen LogP contribution in [0, 0.1) is 10.8 Å². The monoisotopic (exact) mass is 166 g/mol. The van der Waals surface area contributed by atoms with E-state index in [1.807, 2.05) is 24.5 Å². The van der Waals surface area contributed by atoms with Gasteiger partial charge in [-0.1, -0.05) is 33.8 Å². The van der Waals surface area contributed by atoms with Crippen LogP contribution in [-0.4, -0.2) is 18.3 Å².